The van der Waals surface area contributed by atoms with Gasteiger partial charge in [0.25, 0.3) is 5.91 Å². The van der Waals surface area contributed by atoms with E-state index in [1.165, 1.54) is 0 Å². The summed E-state index contributed by atoms with van der Waals surface area (Å²) < 4.78 is 2.12. The smallest absolute Gasteiger partial charge is 0.261 e. The zero-order valence-corrected chi connectivity index (χ0v) is 18.3. The SMILES string of the molecule is CCCCc1c(C(=O)Nc2cccc(C)c2C)c(=O)cc(C)n1Cc1ccccc1. The normalized spacial score (nSPS) is 10.8. The lowest BCUT2D eigenvalue weighted by atomic mass is 10.0. The van der Waals surface area contributed by atoms with Gasteiger partial charge in [0.15, 0.2) is 5.43 Å². The van der Waals surface area contributed by atoms with Crippen molar-refractivity contribution in [2.45, 2.75) is 53.5 Å². The molecule has 0 atom stereocenters. The van der Waals surface area contributed by atoms with E-state index in [1.807, 2.05) is 57.2 Å². The Balaban J connectivity index is 2.07. The first-order valence-electron chi connectivity index (χ1n) is 10.6. The number of carbonyl (C=O) groups excluding carboxylic acids is 1. The molecule has 30 heavy (non-hydrogen) atoms. The molecule has 0 aliphatic heterocycles. The van der Waals surface area contributed by atoms with Gasteiger partial charge >= 0.3 is 0 Å². The van der Waals surface area contributed by atoms with Gasteiger partial charge < -0.3 is 9.88 Å². The number of benzene rings is 2. The number of nitrogens with one attached hydrogen (secondary N) is 1. The number of hydrogen-bond acceptors (Lipinski definition) is 2. The predicted molar refractivity (Wildman–Crippen MR) is 123 cm³/mol. The van der Waals surface area contributed by atoms with Crippen LogP contribution in [0.3, 0.4) is 0 Å². The second-order valence-corrected chi connectivity index (χ2v) is 7.85. The monoisotopic (exact) mass is 402 g/mol. The highest BCUT2D eigenvalue weighted by atomic mass is 16.2. The van der Waals surface area contributed by atoms with Crippen molar-refractivity contribution >= 4 is 11.6 Å². The van der Waals surface area contributed by atoms with Crippen LogP contribution in [-0.4, -0.2) is 10.5 Å². The molecule has 1 amide bonds. The van der Waals surface area contributed by atoms with E-state index >= 15 is 0 Å². The average Bonchev–Trinajstić information content (AvgIpc) is 2.72. The van der Waals surface area contributed by atoms with E-state index in [0.717, 1.165) is 46.6 Å². The first-order chi connectivity index (χ1) is 14.4. The fourth-order valence-corrected chi connectivity index (χ4v) is 3.73. The standard InChI is InChI=1S/C26H30N2O2/c1-5-6-15-23-25(26(30)27-22-14-10-11-18(2)20(22)4)24(29)16-19(3)28(23)17-21-12-8-7-9-13-21/h7-14,16H,5-6,15,17H2,1-4H3,(H,27,30). The van der Waals surface area contributed by atoms with Gasteiger partial charge in [-0.1, -0.05) is 55.8 Å². The summed E-state index contributed by atoms with van der Waals surface area (Å²) in [6.45, 7) is 8.68. The number of hydrogen-bond donors (Lipinski definition) is 1. The molecular weight excluding hydrogens is 372 g/mol. The molecule has 0 bridgehead atoms. The number of pyridine rings is 1. The van der Waals surface area contributed by atoms with Crippen LogP contribution < -0.4 is 10.7 Å². The molecule has 4 nitrogen and oxygen atoms in total. The second-order valence-electron chi connectivity index (χ2n) is 7.85. The maximum absolute atomic E-state index is 13.3. The largest absolute Gasteiger partial charge is 0.343 e. The fraction of sp³-hybridized carbons (Fsp3) is 0.308. The van der Waals surface area contributed by atoms with E-state index in [1.54, 1.807) is 6.07 Å². The van der Waals surface area contributed by atoms with Crippen LogP contribution in [-0.2, 0) is 13.0 Å². The summed E-state index contributed by atoms with van der Waals surface area (Å²) in [6.07, 6.45) is 2.60. The van der Waals surface area contributed by atoms with Gasteiger partial charge in [-0.25, -0.2) is 0 Å². The minimum atomic E-state index is -0.332. The molecule has 1 N–H and O–H groups in total. The lowest BCUT2D eigenvalue weighted by Gasteiger charge is -2.20. The van der Waals surface area contributed by atoms with Crippen molar-refractivity contribution in [1.29, 1.82) is 0 Å². The molecule has 4 heteroatoms. The highest BCUT2D eigenvalue weighted by Gasteiger charge is 2.21. The van der Waals surface area contributed by atoms with Gasteiger partial charge in [0.2, 0.25) is 0 Å². The van der Waals surface area contributed by atoms with Crippen molar-refractivity contribution in [2.24, 2.45) is 0 Å². The highest BCUT2D eigenvalue weighted by Crippen LogP contribution is 2.21. The lowest BCUT2D eigenvalue weighted by molar-refractivity contribution is 0.102. The van der Waals surface area contributed by atoms with Crippen molar-refractivity contribution < 1.29 is 4.79 Å². The van der Waals surface area contributed by atoms with Crippen molar-refractivity contribution in [1.82, 2.24) is 4.57 Å². The van der Waals surface area contributed by atoms with Gasteiger partial charge in [-0.3, -0.25) is 9.59 Å². The molecule has 0 aliphatic carbocycles. The summed E-state index contributed by atoms with van der Waals surface area (Å²) in [7, 11) is 0. The van der Waals surface area contributed by atoms with E-state index in [0.29, 0.717) is 13.0 Å². The van der Waals surface area contributed by atoms with Crippen molar-refractivity contribution in [2.75, 3.05) is 5.32 Å². The molecule has 0 unspecified atom stereocenters. The number of amides is 1. The number of rotatable bonds is 7. The molecule has 0 fully saturated rings. The molecule has 0 radical (unpaired) electrons. The van der Waals surface area contributed by atoms with Gasteiger partial charge in [0.05, 0.1) is 0 Å². The van der Waals surface area contributed by atoms with Gasteiger partial charge in [0.1, 0.15) is 5.56 Å². The third-order valence-electron chi connectivity index (χ3n) is 5.66. The van der Waals surface area contributed by atoms with Gasteiger partial charge in [-0.2, -0.15) is 0 Å². The van der Waals surface area contributed by atoms with Gasteiger partial charge in [0, 0.05) is 29.7 Å². The molecule has 0 aliphatic rings. The van der Waals surface area contributed by atoms with Gasteiger partial charge in [-0.05, 0) is 56.4 Å². The Hall–Kier alpha value is -3.14. The number of aryl methyl sites for hydroxylation is 2. The first kappa shape index (κ1) is 21.6. The van der Waals surface area contributed by atoms with Crippen LogP contribution in [0.4, 0.5) is 5.69 Å². The van der Waals surface area contributed by atoms with E-state index in [-0.39, 0.29) is 16.9 Å². The fourth-order valence-electron chi connectivity index (χ4n) is 3.73. The molecule has 0 saturated carbocycles. The van der Waals surface area contributed by atoms with Crippen LogP contribution in [0.15, 0.2) is 59.4 Å². The summed E-state index contributed by atoms with van der Waals surface area (Å²) in [5.41, 5.74) is 5.73. The Morgan fingerprint density at radius 3 is 2.43 bits per heavy atom. The van der Waals surface area contributed by atoms with Crippen molar-refractivity contribution in [3.63, 3.8) is 0 Å². The van der Waals surface area contributed by atoms with Crippen LogP contribution in [0.25, 0.3) is 0 Å². The Bertz CT molecular complexity index is 1100. The topological polar surface area (TPSA) is 51.1 Å². The average molecular weight is 403 g/mol. The number of unbranched alkanes of at least 4 members (excludes halogenated alkanes) is 1. The molecule has 3 rings (SSSR count). The molecule has 1 heterocycles. The maximum Gasteiger partial charge on any atom is 0.261 e. The number of aromatic nitrogens is 1. The number of carbonyl (C=O) groups is 1. The van der Waals surface area contributed by atoms with Gasteiger partial charge in [-0.15, -0.1) is 0 Å². The first-order valence-corrected chi connectivity index (χ1v) is 10.6. The minimum Gasteiger partial charge on any atom is -0.343 e. The Labute approximate surface area is 178 Å². The molecule has 0 saturated heterocycles. The Morgan fingerprint density at radius 2 is 1.73 bits per heavy atom. The molecule has 3 aromatic rings. The molecule has 2 aromatic carbocycles. The molecule has 0 spiro atoms. The zero-order chi connectivity index (χ0) is 21.7. The Morgan fingerprint density at radius 1 is 1.00 bits per heavy atom. The predicted octanol–water partition coefficient (Wildman–Crippen LogP) is 5.42. The van der Waals surface area contributed by atoms with E-state index < -0.39 is 0 Å². The minimum absolute atomic E-state index is 0.217. The number of nitrogens with zero attached hydrogens (tertiary/aromatic N) is 1. The highest BCUT2D eigenvalue weighted by molar-refractivity contribution is 6.05. The summed E-state index contributed by atoms with van der Waals surface area (Å²) in [6, 6.07) is 17.5. The number of anilines is 1. The summed E-state index contributed by atoms with van der Waals surface area (Å²) in [4.78, 5) is 26.2. The molecule has 1 aromatic heterocycles. The summed E-state index contributed by atoms with van der Waals surface area (Å²) >= 11 is 0. The second kappa shape index (κ2) is 9.57. The van der Waals surface area contributed by atoms with Crippen molar-refractivity contribution in [3.05, 3.63) is 98.5 Å². The van der Waals surface area contributed by atoms with E-state index in [4.69, 9.17) is 0 Å². The quantitative estimate of drug-likeness (QED) is 0.574. The summed E-state index contributed by atoms with van der Waals surface area (Å²) in [5.74, 6) is -0.332. The van der Waals surface area contributed by atoms with Crippen LogP contribution in [0.1, 0.15) is 58.2 Å². The van der Waals surface area contributed by atoms with E-state index in [2.05, 4.69) is 28.9 Å². The third-order valence-corrected chi connectivity index (χ3v) is 5.66. The maximum atomic E-state index is 13.3. The zero-order valence-electron chi connectivity index (χ0n) is 18.3. The lowest BCUT2D eigenvalue weighted by Crippen LogP contribution is -2.29. The van der Waals surface area contributed by atoms with Crippen LogP contribution in [0.2, 0.25) is 0 Å². The third kappa shape index (κ3) is 4.70. The van der Waals surface area contributed by atoms with E-state index in [9.17, 15) is 9.59 Å². The summed E-state index contributed by atoms with van der Waals surface area (Å²) in [5, 5.41) is 2.98. The van der Waals surface area contributed by atoms with Crippen LogP contribution in [0, 0.1) is 20.8 Å². The molecule has 156 valence electrons. The Kier molecular flexibility index (Phi) is 6.88. The molecular formula is C26H30N2O2. The van der Waals surface area contributed by atoms with Crippen molar-refractivity contribution in [3.8, 4) is 0 Å². The van der Waals surface area contributed by atoms with Crippen LogP contribution in [0.5, 0.6) is 0 Å². The van der Waals surface area contributed by atoms with Crippen LogP contribution >= 0.6 is 0 Å².